The molecule has 0 aliphatic carbocycles. The summed E-state index contributed by atoms with van der Waals surface area (Å²) in [6, 6.07) is 16.8. The minimum atomic E-state index is 0.342. The molecular weight excluding hydrogens is 402 g/mol. The van der Waals surface area contributed by atoms with Gasteiger partial charge in [-0.25, -0.2) is 4.68 Å². The fourth-order valence-corrected chi connectivity index (χ4v) is 4.52. The Morgan fingerprint density at radius 2 is 1.94 bits per heavy atom. The van der Waals surface area contributed by atoms with E-state index in [2.05, 4.69) is 57.3 Å². The first-order chi connectivity index (χ1) is 15.7. The van der Waals surface area contributed by atoms with Crippen LogP contribution in [0.5, 0.6) is 5.75 Å². The van der Waals surface area contributed by atoms with Crippen LogP contribution in [-0.4, -0.2) is 44.7 Å². The molecule has 166 valence electrons. The van der Waals surface area contributed by atoms with Crippen LogP contribution in [0.2, 0.25) is 0 Å². The average molecular weight is 432 g/mol. The van der Waals surface area contributed by atoms with Gasteiger partial charge in [-0.3, -0.25) is 4.90 Å². The van der Waals surface area contributed by atoms with Crippen LogP contribution in [0.15, 0.2) is 60.9 Å². The molecule has 4 aromatic rings. The Morgan fingerprint density at radius 3 is 2.78 bits per heavy atom. The predicted octanol–water partition coefficient (Wildman–Crippen LogP) is 3.94. The van der Waals surface area contributed by atoms with E-state index in [4.69, 9.17) is 9.47 Å². The second-order valence-electron chi connectivity index (χ2n) is 8.49. The minimum absolute atomic E-state index is 0.342. The van der Waals surface area contributed by atoms with Crippen molar-refractivity contribution in [3.8, 4) is 5.75 Å². The van der Waals surface area contributed by atoms with Gasteiger partial charge in [0.25, 0.3) is 0 Å². The number of likely N-dealkylation sites (tertiary alicyclic amines) is 1. The molecule has 0 bridgehead atoms. The molecule has 0 amide bonds. The van der Waals surface area contributed by atoms with Crippen LogP contribution in [0.1, 0.15) is 29.3 Å². The molecule has 1 aliphatic rings. The standard InChI is InChI=1S/C25H29N5O2/c1-28-13-20(24-12-23(31-2)8-9-25(24)28)14-29-11-10-22(16-29)30-15-21(26-27-30)18-32-17-19-6-4-3-5-7-19/h3-9,12-13,15,22H,10-11,14,16-18H2,1-2H3. The van der Waals surface area contributed by atoms with Crippen molar-refractivity contribution in [3.63, 3.8) is 0 Å². The molecule has 1 fully saturated rings. The maximum absolute atomic E-state index is 5.81. The van der Waals surface area contributed by atoms with Gasteiger partial charge in [0.15, 0.2) is 0 Å². The Balaban J connectivity index is 1.19. The van der Waals surface area contributed by atoms with Gasteiger partial charge in [-0.2, -0.15) is 0 Å². The summed E-state index contributed by atoms with van der Waals surface area (Å²) in [4.78, 5) is 2.49. The fraction of sp³-hybridized carbons (Fsp3) is 0.360. The molecule has 5 rings (SSSR count). The summed E-state index contributed by atoms with van der Waals surface area (Å²) in [5, 5.41) is 9.96. The van der Waals surface area contributed by atoms with E-state index in [0.29, 0.717) is 19.3 Å². The fourth-order valence-electron chi connectivity index (χ4n) is 4.52. The highest BCUT2D eigenvalue weighted by Crippen LogP contribution is 2.29. The third-order valence-electron chi connectivity index (χ3n) is 6.21. The SMILES string of the molecule is COc1ccc2c(c1)c(CN1CCC(n3cc(COCc4ccccc4)nn3)C1)cn2C. The zero-order valence-electron chi connectivity index (χ0n) is 18.6. The van der Waals surface area contributed by atoms with Crippen LogP contribution in [0, 0.1) is 0 Å². The van der Waals surface area contributed by atoms with E-state index in [1.165, 1.54) is 16.5 Å². The van der Waals surface area contributed by atoms with Gasteiger partial charge >= 0.3 is 0 Å². The summed E-state index contributed by atoms with van der Waals surface area (Å²) < 4.78 is 15.4. The first-order valence-corrected chi connectivity index (χ1v) is 11.1. The number of ether oxygens (including phenoxy) is 2. The number of aryl methyl sites for hydroxylation is 1. The van der Waals surface area contributed by atoms with E-state index in [9.17, 15) is 0 Å². The Labute approximate surface area is 188 Å². The van der Waals surface area contributed by atoms with Crippen molar-refractivity contribution in [1.82, 2.24) is 24.5 Å². The van der Waals surface area contributed by atoms with Crippen LogP contribution in [0.3, 0.4) is 0 Å². The molecule has 0 radical (unpaired) electrons. The van der Waals surface area contributed by atoms with Crippen molar-refractivity contribution in [2.75, 3.05) is 20.2 Å². The summed E-state index contributed by atoms with van der Waals surface area (Å²) in [7, 11) is 3.82. The zero-order valence-corrected chi connectivity index (χ0v) is 18.6. The van der Waals surface area contributed by atoms with Gasteiger partial charge in [-0.1, -0.05) is 35.5 Å². The Bertz CT molecular complexity index is 1180. The van der Waals surface area contributed by atoms with Crippen molar-refractivity contribution < 1.29 is 9.47 Å². The molecule has 1 atom stereocenters. The maximum atomic E-state index is 5.81. The lowest BCUT2D eigenvalue weighted by atomic mass is 10.1. The van der Waals surface area contributed by atoms with Gasteiger partial charge in [0, 0.05) is 43.8 Å². The third-order valence-corrected chi connectivity index (χ3v) is 6.21. The van der Waals surface area contributed by atoms with Crippen molar-refractivity contribution >= 4 is 10.9 Å². The van der Waals surface area contributed by atoms with Crippen LogP contribution < -0.4 is 4.74 Å². The van der Waals surface area contributed by atoms with Crippen molar-refractivity contribution in [3.05, 3.63) is 77.7 Å². The highest BCUT2D eigenvalue weighted by atomic mass is 16.5. The van der Waals surface area contributed by atoms with E-state index in [1.807, 2.05) is 35.1 Å². The average Bonchev–Trinajstić information content (AvgIpc) is 3.54. The van der Waals surface area contributed by atoms with Gasteiger partial charge in [0.2, 0.25) is 0 Å². The van der Waals surface area contributed by atoms with Crippen molar-refractivity contribution in [1.29, 1.82) is 0 Å². The molecule has 1 aliphatic heterocycles. The quantitative estimate of drug-likeness (QED) is 0.423. The zero-order chi connectivity index (χ0) is 21.9. The Hall–Kier alpha value is -3.16. The second kappa shape index (κ2) is 9.14. The molecule has 2 aromatic heterocycles. The van der Waals surface area contributed by atoms with E-state index in [1.54, 1.807) is 7.11 Å². The molecule has 1 unspecified atom stereocenters. The van der Waals surface area contributed by atoms with Crippen molar-refractivity contribution in [2.24, 2.45) is 7.05 Å². The predicted molar refractivity (Wildman–Crippen MR) is 123 cm³/mol. The number of nitrogens with zero attached hydrogens (tertiary/aromatic N) is 5. The normalized spacial score (nSPS) is 16.8. The van der Waals surface area contributed by atoms with E-state index in [-0.39, 0.29) is 0 Å². The molecular formula is C25H29N5O2. The number of rotatable bonds is 8. The smallest absolute Gasteiger partial charge is 0.119 e. The van der Waals surface area contributed by atoms with Gasteiger partial charge in [0.1, 0.15) is 11.4 Å². The minimum Gasteiger partial charge on any atom is -0.497 e. The lowest BCUT2D eigenvalue weighted by Gasteiger charge is -2.15. The first-order valence-electron chi connectivity index (χ1n) is 11.1. The lowest BCUT2D eigenvalue weighted by molar-refractivity contribution is 0.104. The van der Waals surface area contributed by atoms with Gasteiger partial charge in [-0.15, -0.1) is 5.10 Å². The summed E-state index contributed by atoms with van der Waals surface area (Å²) in [6.07, 6.45) is 5.33. The summed E-state index contributed by atoms with van der Waals surface area (Å²) >= 11 is 0. The number of fused-ring (bicyclic) bond motifs is 1. The van der Waals surface area contributed by atoms with E-state index in [0.717, 1.165) is 43.1 Å². The maximum Gasteiger partial charge on any atom is 0.119 e. The highest BCUT2D eigenvalue weighted by Gasteiger charge is 2.26. The number of aromatic nitrogens is 4. The Kier molecular flexibility index (Phi) is 5.92. The number of hydrogen-bond acceptors (Lipinski definition) is 5. The van der Waals surface area contributed by atoms with Crippen molar-refractivity contribution in [2.45, 2.75) is 32.2 Å². The molecule has 7 heteroatoms. The summed E-state index contributed by atoms with van der Waals surface area (Å²) in [6.45, 7) is 3.99. The number of benzene rings is 2. The van der Waals surface area contributed by atoms with E-state index < -0.39 is 0 Å². The number of hydrogen-bond donors (Lipinski definition) is 0. The Morgan fingerprint density at radius 1 is 1.06 bits per heavy atom. The van der Waals surface area contributed by atoms with Crippen LogP contribution >= 0.6 is 0 Å². The second-order valence-corrected chi connectivity index (χ2v) is 8.49. The summed E-state index contributed by atoms with van der Waals surface area (Å²) in [5.74, 6) is 0.897. The largest absolute Gasteiger partial charge is 0.497 e. The molecule has 1 saturated heterocycles. The van der Waals surface area contributed by atoms with Gasteiger partial charge in [-0.05, 0) is 35.7 Å². The van der Waals surface area contributed by atoms with Gasteiger partial charge < -0.3 is 14.0 Å². The first kappa shape index (κ1) is 20.7. The van der Waals surface area contributed by atoms with Crippen LogP contribution in [0.25, 0.3) is 10.9 Å². The molecule has 7 nitrogen and oxygen atoms in total. The molecule has 2 aromatic carbocycles. The van der Waals surface area contributed by atoms with Gasteiger partial charge in [0.05, 0.1) is 32.6 Å². The lowest BCUT2D eigenvalue weighted by Crippen LogP contribution is -2.21. The van der Waals surface area contributed by atoms with E-state index >= 15 is 0 Å². The monoisotopic (exact) mass is 431 g/mol. The third kappa shape index (κ3) is 4.40. The molecule has 3 heterocycles. The molecule has 0 N–H and O–H groups in total. The van der Waals surface area contributed by atoms with Crippen LogP contribution in [0.4, 0.5) is 0 Å². The van der Waals surface area contributed by atoms with Crippen LogP contribution in [-0.2, 0) is 31.5 Å². The summed E-state index contributed by atoms with van der Waals surface area (Å²) in [5.41, 5.74) is 4.60. The highest BCUT2D eigenvalue weighted by molar-refractivity contribution is 5.85. The molecule has 0 spiro atoms. The topological polar surface area (TPSA) is 57.3 Å². The number of methoxy groups -OCH3 is 1. The molecule has 0 saturated carbocycles. The molecule has 32 heavy (non-hydrogen) atoms.